The van der Waals surface area contributed by atoms with Crippen LogP contribution in [0.1, 0.15) is 11.1 Å². The van der Waals surface area contributed by atoms with E-state index in [0.717, 1.165) is 11.1 Å². The molecule has 0 unspecified atom stereocenters. The summed E-state index contributed by atoms with van der Waals surface area (Å²) in [6.45, 7) is 2.04. The Balaban J connectivity index is 2.43. The van der Waals surface area contributed by atoms with Gasteiger partial charge < -0.3 is 0 Å². The second kappa shape index (κ2) is 4.84. The van der Waals surface area contributed by atoms with E-state index in [-0.39, 0.29) is 5.82 Å². The number of halogens is 1. The van der Waals surface area contributed by atoms with Crippen LogP contribution in [0, 0.1) is 25.1 Å². The fourth-order valence-electron chi connectivity index (χ4n) is 1.75. The second-order valence-electron chi connectivity index (χ2n) is 4.05. The van der Waals surface area contributed by atoms with Crippen molar-refractivity contribution < 1.29 is 4.39 Å². The van der Waals surface area contributed by atoms with E-state index in [1.165, 1.54) is 11.6 Å². The Morgan fingerprint density at radius 1 is 1.06 bits per heavy atom. The van der Waals surface area contributed by atoms with E-state index in [1.807, 2.05) is 37.3 Å². The second-order valence-corrected chi connectivity index (χ2v) is 4.05. The number of aryl methyl sites for hydroxylation is 1. The van der Waals surface area contributed by atoms with Crippen molar-refractivity contribution in [2.45, 2.75) is 13.3 Å². The molecule has 0 aromatic heterocycles. The van der Waals surface area contributed by atoms with Crippen molar-refractivity contribution >= 4 is 0 Å². The van der Waals surface area contributed by atoms with Gasteiger partial charge in [-0.3, -0.25) is 0 Å². The van der Waals surface area contributed by atoms with Gasteiger partial charge in [0.15, 0.2) is 0 Å². The lowest BCUT2D eigenvalue weighted by molar-refractivity contribution is 0.616. The van der Waals surface area contributed by atoms with Gasteiger partial charge in [-0.2, -0.15) is 0 Å². The van der Waals surface area contributed by atoms with E-state index in [4.69, 9.17) is 6.42 Å². The Morgan fingerprint density at radius 3 is 2.35 bits per heavy atom. The smallest absolute Gasteiger partial charge is 0.127 e. The molecule has 0 aliphatic rings. The van der Waals surface area contributed by atoms with E-state index in [0.29, 0.717) is 12.0 Å². The summed E-state index contributed by atoms with van der Waals surface area (Å²) < 4.78 is 13.4. The van der Waals surface area contributed by atoms with E-state index >= 15 is 0 Å². The van der Waals surface area contributed by atoms with E-state index < -0.39 is 0 Å². The zero-order valence-corrected chi connectivity index (χ0v) is 9.70. The molecule has 0 bridgehead atoms. The normalized spacial score (nSPS) is 9.94. The van der Waals surface area contributed by atoms with Gasteiger partial charge in [-0.15, -0.1) is 12.3 Å². The molecule has 0 aliphatic carbocycles. The van der Waals surface area contributed by atoms with Gasteiger partial charge in [0, 0.05) is 12.0 Å². The Bertz CT molecular complexity index is 559. The molecule has 0 fully saturated rings. The van der Waals surface area contributed by atoms with Crippen LogP contribution in [0.3, 0.4) is 0 Å². The van der Waals surface area contributed by atoms with Crippen molar-refractivity contribution in [2.24, 2.45) is 0 Å². The lowest BCUT2D eigenvalue weighted by Gasteiger charge is -2.05. The Morgan fingerprint density at radius 2 is 1.71 bits per heavy atom. The van der Waals surface area contributed by atoms with Crippen LogP contribution in [0.25, 0.3) is 11.1 Å². The van der Waals surface area contributed by atoms with Gasteiger partial charge >= 0.3 is 0 Å². The quantitative estimate of drug-likeness (QED) is 0.677. The van der Waals surface area contributed by atoms with E-state index in [2.05, 4.69) is 5.92 Å². The zero-order chi connectivity index (χ0) is 12.3. The summed E-state index contributed by atoms with van der Waals surface area (Å²) in [4.78, 5) is 0. The van der Waals surface area contributed by atoms with Crippen molar-refractivity contribution in [2.75, 3.05) is 0 Å². The molecule has 2 aromatic rings. The maximum atomic E-state index is 13.4. The third-order valence-corrected chi connectivity index (χ3v) is 2.72. The lowest BCUT2D eigenvalue weighted by atomic mass is 10.0. The van der Waals surface area contributed by atoms with Gasteiger partial charge in [0.05, 0.1) is 0 Å². The molecule has 0 aliphatic heterocycles. The van der Waals surface area contributed by atoms with Crippen LogP contribution in [0.5, 0.6) is 0 Å². The van der Waals surface area contributed by atoms with Crippen molar-refractivity contribution in [1.29, 1.82) is 0 Å². The molecule has 17 heavy (non-hydrogen) atoms. The SMILES string of the molecule is C#CCc1cc(-c2ccc(C)cc2)ccc1F. The first-order valence-electron chi connectivity index (χ1n) is 5.49. The van der Waals surface area contributed by atoms with Crippen LogP contribution in [-0.2, 0) is 6.42 Å². The topological polar surface area (TPSA) is 0 Å². The molecule has 0 nitrogen and oxygen atoms in total. The summed E-state index contributed by atoms with van der Waals surface area (Å²) in [5, 5.41) is 0. The number of hydrogen-bond acceptors (Lipinski definition) is 0. The highest BCUT2D eigenvalue weighted by Crippen LogP contribution is 2.22. The maximum Gasteiger partial charge on any atom is 0.127 e. The minimum Gasteiger partial charge on any atom is -0.207 e. The molecule has 0 spiro atoms. The third-order valence-electron chi connectivity index (χ3n) is 2.72. The van der Waals surface area contributed by atoms with Gasteiger partial charge in [0.25, 0.3) is 0 Å². The number of terminal acetylenes is 1. The van der Waals surface area contributed by atoms with Gasteiger partial charge in [0.1, 0.15) is 5.82 Å². The highest BCUT2D eigenvalue weighted by Gasteiger charge is 2.04. The van der Waals surface area contributed by atoms with Crippen molar-refractivity contribution in [1.82, 2.24) is 0 Å². The molecule has 0 N–H and O–H groups in total. The molecule has 2 aromatic carbocycles. The molecule has 0 saturated carbocycles. The Kier molecular flexibility index (Phi) is 3.25. The van der Waals surface area contributed by atoms with Gasteiger partial charge in [-0.1, -0.05) is 35.9 Å². The summed E-state index contributed by atoms with van der Waals surface area (Å²) in [7, 11) is 0. The number of hydrogen-bond donors (Lipinski definition) is 0. The fourth-order valence-corrected chi connectivity index (χ4v) is 1.75. The minimum absolute atomic E-state index is 0.237. The van der Waals surface area contributed by atoms with E-state index in [9.17, 15) is 4.39 Å². The third kappa shape index (κ3) is 2.54. The first kappa shape index (κ1) is 11.4. The molecule has 0 heterocycles. The molecular formula is C16H13F. The summed E-state index contributed by atoms with van der Waals surface area (Å²) in [5.74, 6) is 2.24. The molecule has 1 heteroatoms. The first-order chi connectivity index (χ1) is 8.20. The van der Waals surface area contributed by atoms with E-state index in [1.54, 1.807) is 6.07 Å². The van der Waals surface area contributed by atoms with Crippen molar-refractivity contribution in [3.8, 4) is 23.5 Å². The van der Waals surface area contributed by atoms with Crippen molar-refractivity contribution in [3.63, 3.8) is 0 Å². The number of benzene rings is 2. The predicted molar refractivity (Wildman–Crippen MR) is 69.1 cm³/mol. The Hall–Kier alpha value is -2.07. The van der Waals surface area contributed by atoms with Crippen LogP contribution in [0.2, 0.25) is 0 Å². The molecule has 0 amide bonds. The van der Waals surface area contributed by atoms with Gasteiger partial charge in [-0.25, -0.2) is 4.39 Å². The average Bonchev–Trinajstić information content (AvgIpc) is 2.33. The Labute approximate surface area is 101 Å². The minimum atomic E-state index is -0.237. The molecule has 0 saturated heterocycles. The molecule has 0 atom stereocenters. The molecular weight excluding hydrogens is 211 g/mol. The van der Waals surface area contributed by atoms with Crippen LogP contribution in [0.15, 0.2) is 42.5 Å². The standard InChI is InChI=1S/C16H13F/c1-3-4-15-11-14(9-10-16(15)17)13-7-5-12(2)6-8-13/h1,5-11H,4H2,2H3. The zero-order valence-electron chi connectivity index (χ0n) is 9.70. The first-order valence-corrected chi connectivity index (χ1v) is 5.49. The largest absolute Gasteiger partial charge is 0.207 e. The van der Waals surface area contributed by atoms with Gasteiger partial charge in [-0.05, 0) is 30.2 Å². The highest BCUT2D eigenvalue weighted by molar-refractivity contribution is 5.64. The maximum absolute atomic E-state index is 13.4. The van der Waals surface area contributed by atoms with Gasteiger partial charge in [0.2, 0.25) is 0 Å². The summed E-state index contributed by atoms with van der Waals surface area (Å²) in [6, 6.07) is 13.2. The van der Waals surface area contributed by atoms with Crippen LogP contribution in [0.4, 0.5) is 4.39 Å². The highest BCUT2D eigenvalue weighted by atomic mass is 19.1. The summed E-state index contributed by atoms with van der Waals surface area (Å²) in [5.41, 5.74) is 3.86. The van der Waals surface area contributed by atoms with Crippen LogP contribution >= 0.6 is 0 Å². The molecule has 0 radical (unpaired) electrons. The average molecular weight is 224 g/mol. The monoisotopic (exact) mass is 224 g/mol. The summed E-state index contributed by atoms with van der Waals surface area (Å²) >= 11 is 0. The summed E-state index contributed by atoms with van der Waals surface area (Å²) in [6.07, 6.45) is 5.55. The predicted octanol–water partition coefficient (Wildman–Crippen LogP) is 3.98. The fraction of sp³-hybridized carbons (Fsp3) is 0.125. The lowest BCUT2D eigenvalue weighted by Crippen LogP contribution is -1.89. The van der Waals surface area contributed by atoms with Crippen molar-refractivity contribution in [3.05, 3.63) is 59.4 Å². The van der Waals surface area contributed by atoms with Crippen LogP contribution in [-0.4, -0.2) is 0 Å². The molecule has 2 rings (SSSR count). The van der Waals surface area contributed by atoms with Crippen LogP contribution < -0.4 is 0 Å². The number of rotatable bonds is 2. The molecule has 84 valence electrons.